The fraction of sp³-hybridized carbons (Fsp3) is 0.368. The van der Waals surface area contributed by atoms with E-state index < -0.39 is 0 Å². The van der Waals surface area contributed by atoms with Crippen molar-refractivity contribution in [2.75, 3.05) is 18.0 Å². The van der Waals surface area contributed by atoms with Crippen LogP contribution in [0.25, 0.3) is 0 Å². The summed E-state index contributed by atoms with van der Waals surface area (Å²) in [5, 5.41) is 5.96. The van der Waals surface area contributed by atoms with E-state index in [2.05, 4.69) is 10.6 Å². The number of carbonyl (C=O) groups excluding carboxylic acids is 2. The molecule has 0 aliphatic carbocycles. The zero-order chi connectivity index (χ0) is 17.9. The molecule has 3 rings (SSSR count). The van der Waals surface area contributed by atoms with Crippen LogP contribution < -0.4 is 15.5 Å². The molecule has 1 unspecified atom stereocenters. The third-order valence-corrected chi connectivity index (χ3v) is 4.48. The number of hydrogen-bond donors (Lipinski definition) is 2. The number of carbonyl (C=O) groups is 2. The Bertz CT molecular complexity index is 726. The predicted molar refractivity (Wildman–Crippen MR) is 94.9 cm³/mol. The summed E-state index contributed by atoms with van der Waals surface area (Å²) in [6.45, 7) is 5.04. The Morgan fingerprint density at radius 1 is 1.28 bits per heavy atom. The molecule has 6 heteroatoms. The van der Waals surface area contributed by atoms with Crippen molar-refractivity contribution in [3.8, 4) is 0 Å². The molecule has 0 radical (unpaired) electrons. The highest BCUT2D eigenvalue weighted by Gasteiger charge is 2.41. The van der Waals surface area contributed by atoms with Gasteiger partial charge in [0.05, 0.1) is 25.4 Å². The standard InChI is InChI=1S/C19H23N3O3/c1-19(2)13-21-18(24)17(19)20-11-16(23)22(12-15-9-6-10-25-15)14-7-4-3-5-8-14/h3-10,17,20H,11-13H2,1-2H3,(H,21,24). The first-order valence-electron chi connectivity index (χ1n) is 8.36. The lowest BCUT2D eigenvalue weighted by Gasteiger charge is -2.27. The van der Waals surface area contributed by atoms with E-state index in [9.17, 15) is 9.59 Å². The summed E-state index contributed by atoms with van der Waals surface area (Å²) >= 11 is 0. The molecule has 1 saturated heterocycles. The first-order chi connectivity index (χ1) is 12.0. The van der Waals surface area contributed by atoms with Gasteiger partial charge in [0, 0.05) is 17.6 Å². The van der Waals surface area contributed by atoms with Gasteiger partial charge >= 0.3 is 0 Å². The van der Waals surface area contributed by atoms with Crippen molar-refractivity contribution in [1.82, 2.24) is 10.6 Å². The summed E-state index contributed by atoms with van der Waals surface area (Å²) in [7, 11) is 0. The molecule has 0 saturated carbocycles. The Balaban J connectivity index is 1.72. The van der Waals surface area contributed by atoms with Gasteiger partial charge in [-0.2, -0.15) is 0 Å². The van der Waals surface area contributed by atoms with Gasteiger partial charge in [-0.25, -0.2) is 0 Å². The Labute approximate surface area is 147 Å². The van der Waals surface area contributed by atoms with Gasteiger partial charge in [0.25, 0.3) is 0 Å². The Morgan fingerprint density at radius 2 is 2.04 bits per heavy atom. The zero-order valence-corrected chi connectivity index (χ0v) is 14.5. The summed E-state index contributed by atoms with van der Waals surface area (Å²) in [4.78, 5) is 26.5. The minimum Gasteiger partial charge on any atom is -0.467 e. The van der Waals surface area contributed by atoms with Crippen LogP contribution in [0.3, 0.4) is 0 Å². The molecule has 2 heterocycles. The summed E-state index contributed by atoms with van der Waals surface area (Å²) in [6, 6.07) is 12.7. The van der Waals surface area contributed by atoms with E-state index in [1.807, 2.05) is 50.2 Å². The number of para-hydroxylation sites is 1. The largest absolute Gasteiger partial charge is 0.467 e. The lowest BCUT2D eigenvalue weighted by atomic mass is 9.87. The third kappa shape index (κ3) is 3.91. The van der Waals surface area contributed by atoms with E-state index in [-0.39, 0.29) is 29.8 Å². The molecule has 1 aliphatic rings. The molecule has 1 fully saturated rings. The maximum Gasteiger partial charge on any atom is 0.241 e. The van der Waals surface area contributed by atoms with Crippen LogP contribution >= 0.6 is 0 Å². The minimum absolute atomic E-state index is 0.0601. The van der Waals surface area contributed by atoms with E-state index in [0.29, 0.717) is 18.8 Å². The summed E-state index contributed by atoms with van der Waals surface area (Å²) in [5.41, 5.74) is 0.566. The molecular formula is C19H23N3O3. The Hall–Kier alpha value is -2.60. The van der Waals surface area contributed by atoms with Crippen molar-refractivity contribution in [3.63, 3.8) is 0 Å². The van der Waals surface area contributed by atoms with Gasteiger partial charge in [-0.3, -0.25) is 14.9 Å². The average molecular weight is 341 g/mol. The molecule has 2 amide bonds. The van der Waals surface area contributed by atoms with Crippen molar-refractivity contribution in [1.29, 1.82) is 0 Å². The maximum atomic E-state index is 12.8. The second-order valence-electron chi connectivity index (χ2n) is 6.92. The molecule has 1 atom stereocenters. The molecule has 25 heavy (non-hydrogen) atoms. The Morgan fingerprint density at radius 3 is 2.64 bits per heavy atom. The van der Waals surface area contributed by atoms with Crippen LogP contribution in [0.2, 0.25) is 0 Å². The molecular weight excluding hydrogens is 318 g/mol. The SMILES string of the molecule is CC1(C)CNC(=O)C1NCC(=O)N(Cc1ccco1)c1ccccc1. The molecule has 1 aromatic heterocycles. The third-order valence-electron chi connectivity index (χ3n) is 4.48. The molecule has 1 aromatic carbocycles. The molecule has 0 spiro atoms. The molecule has 2 aromatic rings. The van der Waals surface area contributed by atoms with Crippen LogP contribution in [0, 0.1) is 5.41 Å². The van der Waals surface area contributed by atoms with Gasteiger partial charge in [-0.1, -0.05) is 32.0 Å². The lowest BCUT2D eigenvalue weighted by Crippen LogP contribution is -2.48. The second kappa shape index (κ2) is 7.11. The number of benzene rings is 1. The number of hydrogen-bond acceptors (Lipinski definition) is 4. The number of amides is 2. The van der Waals surface area contributed by atoms with E-state index in [1.54, 1.807) is 17.2 Å². The lowest BCUT2D eigenvalue weighted by molar-refractivity contribution is -0.122. The smallest absolute Gasteiger partial charge is 0.241 e. The Kier molecular flexibility index (Phi) is 4.90. The van der Waals surface area contributed by atoms with Gasteiger partial charge in [0.15, 0.2) is 0 Å². The van der Waals surface area contributed by atoms with Gasteiger partial charge in [0.1, 0.15) is 5.76 Å². The quantitative estimate of drug-likeness (QED) is 0.842. The highest BCUT2D eigenvalue weighted by molar-refractivity contribution is 5.95. The van der Waals surface area contributed by atoms with E-state index in [1.165, 1.54) is 0 Å². The maximum absolute atomic E-state index is 12.8. The fourth-order valence-electron chi connectivity index (χ4n) is 3.02. The van der Waals surface area contributed by atoms with Crippen molar-refractivity contribution >= 4 is 17.5 Å². The molecule has 1 aliphatic heterocycles. The van der Waals surface area contributed by atoms with Crippen molar-refractivity contribution in [3.05, 3.63) is 54.5 Å². The van der Waals surface area contributed by atoms with Crippen molar-refractivity contribution < 1.29 is 14.0 Å². The number of furan rings is 1. The zero-order valence-electron chi connectivity index (χ0n) is 14.5. The van der Waals surface area contributed by atoms with Gasteiger partial charge in [0.2, 0.25) is 11.8 Å². The van der Waals surface area contributed by atoms with Crippen molar-refractivity contribution in [2.45, 2.75) is 26.4 Å². The first kappa shape index (κ1) is 17.2. The number of nitrogens with zero attached hydrogens (tertiary/aromatic N) is 1. The molecule has 2 N–H and O–H groups in total. The number of anilines is 1. The molecule has 132 valence electrons. The summed E-state index contributed by atoms with van der Waals surface area (Å²) in [5.74, 6) is 0.532. The summed E-state index contributed by atoms with van der Waals surface area (Å²) < 4.78 is 5.39. The first-order valence-corrected chi connectivity index (χ1v) is 8.36. The van der Waals surface area contributed by atoms with Crippen molar-refractivity contribution in [2.24, 2.45) is 5.41 Å². The highest BCUT2D eigenvalue weighted by atomic mass is 16.3. The van der Waals surface area contributed by atoms with Crippen LogP contribution in [0.1, 0.15) is 19.6 Å². The van der Waals surface area contributed by atoms with Crippen LogP contribution in [0.15, 0.2) is 53.1 Å². The predicted octanol–water partition coefficient (Wildman–Crippen LogP) is 1.93. The van der Waals surface area contributed by atoms with Gasteiger partial charge in [-0.05, 0) is 24.3 Å². The van der Waals surface area contributed by atoms with E-state index >= 15 is 0 Å². The van der Waals surface area contributed by atoms with Crippen LogP contribution in [-0.4, -0.2) is 30.9 Å². The number of nitrogens with one attached hydrogen (secondary N) is 2. The average Bonchev–Trinajstić information content (AvgIpc) is 3.20. The van der Waals surface area contributed by atoms with Crippen LogP contribution in [0.4, 0.5) is 5.69 Å². The fourth-order valence-corrected chi connectivity index (χ4v) is 3.02. The molecule has 6 nitrogen and oxygen atoms in total. The van der Waals surface area contributed by atoms with Crippen LogP contribution in [-0.2, 0) is 16.1 Å². The monoisotopic (exact) mass is 341 g/mol. The highest BCUT2D eigenvalue weighted by Crippen LogP contribution is 2.25. The van der Waals surface area contributed by atoms with E-state index in [0.717, 1.165) is 5.69 Å². The summed E-state index contributed by atoms with van der Waals surface area (Å²) in [6.07, 6.45) is 1.59. The normalized spacial score (nSPS) is 18.8. The molecule has 0 bridgehead atoms. The van der Waals surface area contributed by atoms with Gasteiger partial charge in [-0.15, -0.1) is 0 Å². The second-order valence-corrected chi connectivity index (χ2v) is 6.92. The minimum atomic E-state index is -0.377. The van der Waals surface area contributed by atoms with E-state index in [4.69, 9.17) is 4.42 Å². The van der Waals surface area contributed by atoms with Crippen LogP contribution in [0.5, 0.6) is 0 Å². The number of rotatable bonds is 6. The topological polar surface area (TPSA) is 74.6 Å². The van der Waals surface area contributed by atoms with Gasteiger partial charge < -0.3 is 14.6 Å².